The fourth-order valence-electron chi connectivity index (χ4n) is 0.619. The summed E-state index contributed by atoms with van der Waals surface area (Å²) in [6.07, 6.45) is 0.972. The molecule has 2 nitrogen and oxygen atoms in total. The second-order valence-electron chi connectivity index (χ2n) is 2.38. The Morgan fingerprint density at radius 3 is 2.11 bits per heavy atom. The van der Waals surface area contributed by atoms with Crippen LogP contribution >= 0.6 is 12.4 Å². The van der Waals surface area contributed by atoms with Gasteiger partial charge in [-0.15, -0.1) is 12.4 Å². The van der Waals surface area contributed by atoms with Gasteiger partial charge in [0.15, 0.2) is 0 Å². The van der Waals surface area contributed by atoms with Crippen molar-refractivity contribution in [3.8, 4) is 0 Å². The van der Waals surface area contributed by atoms with E-state index in [-0.39, 0.29) is 18.3 Å². The van der Waals surface area contributed by atoms with Crippen molar-refractivity contribution >= 4 is 18.7 Å². The van der Waals surface area contributed by atoms with E-state index in [0.717, 1.165) is 12.8 Å². The van der Waals surface area contributed by atoms with Gasteiger partial charge >= 0.3 is 0 Å². The van der Waals surface area contributed by atoms with Crippen molar-refractivity contribution in [3.63, 3.8) is 0 Å². The Hall–Kier alpha value is -0.0800. The molecule has 0 aliphatic carbocycles. The Morgan fingerprint density at radius 2 is 2.00 bits per heavy atom. The summed E-state index contributed by atoms with van der Waals surface area (Å²) in [5.41, 5.74) is 0. The van der Waals surface area contributed by atoms with Gasteiger partial charge in [-0.3, -0.25) is 0 Å². The van der Waals surface area contributed by atoms with Gasteiger partial charge in [0.25, 0.3) is 0 Å². The number of carbonyl (C=O) groups excluding carboxylic acids is 1. The molecule has 0 aromatic carbocycles. The standard InChI is InChI=1S/C6H13NO.ClH/c1-6(5-8)4-7(2)3;/h5-6H,4H2,1-3H3;1H. The molecular weight excluding hydrogens is 138 g/mol. The smallest absolute Gasteiger partial charge is 0.124 e. The zero-order valence-corrected chi connectivity index (χ0v) is 6.94. The number of halogens is 1. The summed E-state index contributed by atoms with van der Waals surface area (Å²) in [5, 5.41) is 0. The number of hydrogen-bond acceptors (Lipinski definition) is 2. The molecule has 56 valence electrons. The number of nitrogens with zero attached hydrogens (tertiary/aromatic N) is 1. The van der Waals surface area contributed by atoms with E-state index in [0.29, 0.717) is 0 Å². The van der Waals surface area contributed by atoms with Crippen molar-refractivity contribution in [2.45, 2.75) is 6.92 Å². The zero-order chi connectivity index (χ0) is 6.57. The maximum Gasteiger partial charge on any atom is 0.124 e. The van der Waals surface area contributed by atoms with Gasteiger partial charge in [0.2, 0.25) is 0 Å². The van der Waals surface area contributed by atoms with Crippen molar-refractivity contribution in [3.05, 3.63) is 0 Å². The van der Waals surface area contributed by atoms with E-state index in [2.05, 4.69) is 0 Å². The molecule has 0 saturated heterocycles. The SMILES string of the molecule is CC(C=O)CN(C)C.Cl. The molecule has 0 spiro atoms. The highest BCUT2D eigenvalue weighted by atomic mass is 35.5. The lowest BCUT2D eigenvalue weighted by Gasteiger charge is -2.10. The third kappa shape index (κ3) is 7.92. The van der Waals surface area contributed by atoms with Gasteiger partial charge in [-0.05, 0) is 14.1 Å². The molecule has 0 amide bonds. The molecule has 0 saturated carbocycles. The predicted octanol–water partition coefficient (Wildman–Crippen LogP) is 0.805. The number of hydrogen-bond donors (Lipinski definition) is 0. The minimum Gasteiger partial charge on any atom is -0.309 e. The Kier molecular flexibility index (Phi) is 7.85. The van der Waals surface area contributed by atoms with Crippen LogP contribution in [0, 0.1) is 5.92 Å². The van der Waals surface area contributed by atoms with Crippen LogP contribution in [0.25, 0.3) is 0 Å². The van der Waals surface area contributed by atoms with E-state index < -0.39 is 0 Å². The van der Waals surface area contributed by atoms with Crippen molar-refractivity contribution in [2.75, 3.05) is 20.6 Å². The number of carbonyl (C=O) groups is 1. The van der Waals surface area contributed by atoms with Gasteiger partial charge in [0.1, 0.15) is 6.29 Å². The van der Waals surface area contributed by atoms with E-state index in [1.165, 1.54) is 0 Å². The molecule has 0 aliphatic heterocycles. The summed E-state index contributed by atoms with van der Waals surface area (Å²) in [4.78, 5) is 12.0. The second-order valence-corrected chi connectivity index (χ2v) is 2.38. The average Bonchev–Trinajstić information content (AvgIpc) is 1.65. The quantitative estimate of drug-likeness (QED) is 0.557. The predicted molar refractivity (Wildman–Crippen MR) is 41.0 cm³/mol. The fourth-order valence-corrected chi connectivity index (χ4v) is 0.619. The molecule has 0 aromatic heterocycles. The lowest BCUT2D eigenvalue weighted by atomic mass is 10.2. The lowest BCUT2D eigenvalue weighted by Crippen LogP contribution is -2.20. The summed E-state index contributed by atoms with van der Waals surface area (Å²) < 4.78 is 0. The van der Waals surface area contributed by atoms with Crippen LogP contribution in [0.5, 0.6) is 0 Å². The first kappa shape index (κ1) is 11.7. The first-order valence-corrected chi connectivity index (χ1v) is 2.77. The van der Waals surface area contributed by atoms with Gasteiger partial charge in [-0.1, -0.05) is 6.92 Å². The van der Waals surface area contributed by atoms with E-state index in [1.54, 1.807) is 0 Å². The topological polar surface area (TPSA) is 20.3 Å². The van der Waals surface area contributed by atoms with Crippen molar-refractivity contribution in [2.24, 2.45) is 5.92 Å². The van der Waals surface area contributed by atoms with E-state index in [9.17, 15) is 4.79 Å². The summed E-state index contributed by atoms with van der Waals surface area (Å²) in [7, 11) is 3.92. The summed E-state index contributed by atoms with van der Waals surface area (Å²) in [6, 6.07) is 0. The summed E-state index contributed by atoms with van der Waals surface area (Å²) in [6.45, 7) is 2.76. The maximum absolute atomic E-state index is 10.0. The molecule has 1 unspecified atom stereocenters. The zero-order valence-electron chi connectivity index (χ0n) is 6.13. The van der Waals surface area contributed by atoms with E-state index >= 15 is 0 Å². The van der Waals surface area contributed by atoms with Crippen molar-refractivity contribution in [1.82, 2.24) is 4.90 Å². The van der Waals surface area contributed by atoms with Crippen LogP contribution in [0.4, 0.5) is 0 Å². The normalized spacial score (nSPS) is 12.4. The maximum atomic E-state index is 10.0. The van der Waals surface area contributed by atoms with Crippen LogP contribution in [-0.2, 0) is 4.79 Å². The van der Waals surface area contributed by atoms with Gasteiger partial charge in [-0.25, -0.2) is 0 Å². The third-order valence-corrected chi connectivity index (χ3v) is 0.885. The average molecular weight is 152 g/mol. The molecule has 1 atom stereocenters. The monoisotopic (exact) mass is 151 g/mol. The van der Waals surface area contributed by atoms with Crippen molar-refractivity contribution < 1.29 is 4.79 Å². The highest BCUT2D eigenvalue weighted by Crippen LogP contribution is 1.88. The first-order valence-electron chi connectivity index (χ1n) is 2.77. The Balaban J connectivity index is 0. The summed E-state index contributed by atoms with van der Waals surface area (Å²) >= 11 is 0. The molecule has 3 heteroatoms. The molecular formula is C6H14ClNO. The summed E-state index contributed by atoms with van der Waals surface area (Å²) in [5.74, 6) is 0.171. The highest BCUT2D eigenvalue weighted by Gasteiger charge is 1.98. The molecule has 0 aromatic rings. The largest absolute Gasteiger partial charge is 0.309 e. The molecule has 0 rings (SSSR count). The van der Waals surface area contributed by atoms with Gasteiger partial charge in [0, 0.05) is 12.5 Å². The second kappa shape index (κ2) is 6.05. The molecule has 0 bridgehead atoms. The van der Waals surface area contributed by atoms with Crippen molar-refractivity contribution in [1.29, 1.82) is 0 Å². The molecule has 0 fully saturated rings. The van der Waals surface area contributed by atoms with E-state index in [4.69, 9.17) is 0 Å². The Morgan fingerprint density at radius 1 is 1.56 bits per heavy atom. The van der Waals surface area contributed by atoms with E-state index in [1.807, 2.05) is 25.9 Å². The van der Waals surface area contributed by atoms with Crippen LogP contribution in [0.2, 0.25) is 0 Å². The van der Waals surface area contributed by atoms with Crippen LogP contribution in [-0.4, -0.2) is 31.8 Å². The first-order chi connectivity index (χ1) is 3.66. The lowest BCUT2D eigenvalue weighted by molar-refractivity contribution is -0.111. The number of aldehydes is 1. The van der Waals surface area contributed by atoms with Crippen LogP contribution in [0.1, 0.15) is 6.92 Å². The third-order valence-electron chi connectivity index (χ3n) is 0.885. The van der Waals surface area contributed by atoms with Gasteiger partial charge < -0.3 is 9.69 Å². The minimum absolute atomic E-state index is 0. The fraction of sp³-hybridized carbons (Fsp3) is 0.833. The Bertz CT molecular complexity index is 75.5. The van der Waals surface area contributed by atoms with Gasteiger partial charge in [-0.2, -0.15) is 0 Å². The number of rotatable bonds is 3. The van der Waals surface area contributed by atoms with Crippen LogP contribution in [0.15, 0.2) is 0 Å². The molecule has 0 heterocycles. The molecule has 0 N–H and O–H groups in total. The minimum atomic E-state index is 0. The highest BCUT2D eigenvalue weighted by molar-refractivity contribution is 5.85. The van der Waals surface area contributed by atoms with Crippen LogP contribution < -0.4 is 0 Å². The molecule has 0 aliphatic rings. The van der Waals surface area contributed by atoms with Gasteiger partial charge in [0.05, 0.1) is 0 Å². The Labute approximate surface area is 62.6 Å². The molecule has 0 radical (unpaired) electrons. The molecule has 9 heavy (non-hydrogen) atoms. The van der Waals surface area contributed by atoms with Crippen LogP contribution in [0.3, 0.4) is 0 Å².